The van der Waals surface area contributed by atoms with Crippen LogP contribution in [-0.2, 0) is 14.3 Å². The van der Waals surface area contributed by atoms with E-state index in [1.165, 1.54) is 34.8 Å². The van der Waals surface area contributed by atoms with Crippen molar-refractivity contribution in [3.63, 3.8) is 0 Å². The van der Waals surface area contributed by atoms with Crippen LogP contribution in [0.5, 0.6) is 0 Å². The van der Waals surface area contributed by atoms with Gasteiger partial charge in [-0.15, -0.1) is 22.7 Å². The SMILES string of the molecule is O=C(COC(=O)C(=Cc1cccs1)c1cccs1)Nc1ccc2c(c1)C(=O)c1ccccc1C2=O. The Labute approximate surface area is 208 Å². The fraction of sp³-hybridized carbons (Fsp3) is 0.0370. The summed E-state index contributed by atoms with van der Waals surface area (Å²) in [7, 11) is 0. The van der Waals surface area contributed by atoms with Gasteiger partial charge < -0.3 is 10.1 Å². The maximum Gasteiger partial charge on any atom is 0.340 e. The maximum absolute atomic E-state index is 12.9. The second-order valence-corrected chi connectivity index (χ2v) is 9.57. The summed E-state index contributed by atoms with van der Waals surface area (Å²) in [5.41, 5.74) is 1.91. The number of anilines is 1. The van der Waals surface area contributed by atoms with Crippen LogP contribution in [0.15, 0.2) is 77.5 Å². The molecule has 1 N–H and O–H groups in total. The Morgan fingerprint density at radius 2 is 1.49 bits per heavy atom. The van der Waals surface area contributed by atoms with E-state index < -0.39 is 18.5 Å². The van der Waals surface area contributed by atoms with Gasteiger partial charge in [-0.25, -0.2) is 4.79 Å². The van der Waals surface area contributed by atoms with Crippen molar-refractivity contribution in [2.75, 3.05) is 11.9 Å². The Bertz CT molecular complexity index is 1480. The summed E-state index contributed by atoms with van der Waals surface area (Å²) in [4.78, 5) is 52.5. The molecule has 0 spiro atoms. The molecule has 5 rings (SSSR count). The summed E-state index contributed by atoms with van der Waals surface area (Å²) < 4.78 is 5.28. The van der Waals surface area contributed by atoms with Crippen molar-refractivity contribution in [3.8, 4) is 0 Å². The van der Waals surface area contributed by atoms with Crippen LogP contribution in [0, 0.1) is 0 Å². The number of benzene rings is 2. The van der Waals surface area contributed by atoms with Crippen molar-refractivity contribution >= 4 is 63.5 Å². The molecule has 0 atom stereocenters. The van der Waals surface area contributed by atoms with E-state index in [1.807, 2.05) is 35.0 Å². The Hall–Kier alpha value is -4.14. The zero-order valence-electron chi connectivity index (χ0n) is 18.1. The summed E-state index contributed by atoms with van der Waals surface area (Å²) in [6.07, 6.45) is 1.74. The zero-order chi connectivity index (χ0) is 24.4. The second kappa shape index (κ2) is 9.61. The highest BCUT2D eigenvalue weighted by Gasteiger charge is 2.29. The molecule has 1 aliphatic rings. The number of ether oxygens (including phenoxy) is 1. The molecule has 4 aromatic rings. The number of fused-ring (bicyclic) bond motifs is 2. The van der Waals surface area contributed by atoms with Crippen molar-refractivity contribution < 1.29 is 23.9 Å². The number of nitrogens with one attached hydrogen (secondary N) is 1. The molecule has 1 aliphatic carbocycles. The molecule has 1 amide bonds. The molecule has 6 nitrogen and oxygen atoms in total. The molecule has 2 heterocycles. The summed E-state index contributed by atoms with van der Waals surface area (Å²) in [5, 5.41) is 6.40. The third kappa shape index (κ3) is 4.62. The molecular formula is C27H17NO5S2. The van der Waals surface area contributed by atoms with Gasteiger partial charge in [-0.3, -0.25) is 14.4 Å². The number of ketones is 2. The van der Waals surface area contributed by atoms with E-state index in [0.29, 0.717) is 22.4 Å². The molecule has 172 valence electrons. The lowest BCUT2D eigenvalue weighted by Gasteiger charge is -2.18. The van der Waals surface area contributed by atoms with Gasteiger partial charge in [0.25, 0.3) is 5.91 Å². The fourth-order valence-electron chi connectivity index (χ4n) is 3.76. The molecule has 2 aromatic heterocycles. The number of esters is 1. The molecule has 0 radical (unpaired) electrons. The summed E-state index contributed by atoms with van der Waals surface area (Å²) in [6, 6.07) is 18.6. The first-order valence-electron chi connectivity index (χ1n) is 10.6. The van der Waals surface area contributed by atoms with Crippen LogP contribution < -0.4 is 5.32 Å². The molecule has 0 bridgehead atoms. The predicted molar refractivity (Wildman–Crippen MR) is 136 cm³/mol. The van der Waals surface area contributed by atoms with Crippen molar-refractivity contribution in [1.82, 2.24) is 0 Å². The summed E-state index contributed by atoms with van der Waals surface area (Å²) in [6.45, 7) is -0.501. The number of hydrogen-bond acceptors (Lipinski definition) is 7. The second-order valence-electron chi connectivity index (χ2n) is 7.64. The fourth-order valence-corrected chi connectivity index (χ4v) is 5.15. The quantitative estimate of drug-likeness (QED) is 0.253. The Balaban J connectivity index is 1.28. The molecule has 0 fully saturated rings. The molecule has 0 saturated carbocycles. The lowest BCUT2D eigenvalue weighted by atomic mass is 9.84. The van der Waals surface area contributed by atoms with E-state index in [4.69, 9.17) is 4.74 Å². The van der Waals surface area contributed by atoms with Crippen molar-refractivity contribution in [2.45, 2.75) is 0 Å². The molecule has 0 saturated heterocycles. The van der Waals surface area contributed by atoms with Crippen molar-refractivity contribution in [1.29, 1.82) is 0 Å². The first kappa shape index (κ1) is 22.6. The summed E-state index contributed by atoms with van der Waals surface area (Å²) in [5.74, 6) is -1.69. The number of rotatable bonds is 6. The third-order valence-electron chi connectivity index (χ3n) is 5.38. The van der Waals surface area contributed by atoms with E-state index >= 15 is 0 Å². The predicted octanol–water partition coefficient (Wildman–Crippen LogP) is 5.31. The minimum atomic E-state index is -0.612. The van der Waals surface area contributed by atoms with E-state index in [1.54, 1.807) is 36.4 Å². The van der Waals surface area contributed by atoms with Gasteiger partial charge in [0, 0.05) is 37.7 Å². The Morgan fingerprint density at radius 3 is 2.17 bits per heavy atom. The first-order valence-corrected chi connectivity index (χ1v) is 12.4. The van der Waals surface area contributed by atoms with E-state index in [9.17, 15) is 19.2 Å². The summed E-state index contributed by atoms with van der Waals surface area (Å²) >= 11 is 2.89. The lowest BCUT2D eigenvalue weighted by Crippen LogP contribution is -2.23. The van der Waals surface area contributed by atoms with Crippen LogP contribution in [0.4, 0.5) is 5.69 Å². The average Bonchev–Trinajstić information content (AvgIpc) is 3.59. The highest BCUT2D eigenvalue weighted by molar-refractivity contribution is 7.12. The smallest absolute Gasteiger partial charge is 0.340 e. The number of amides is 1. The number of hydrogen-bond donors (Lipinski definition) is 1. The number of carbonyl (C=O) groups excluding carboxylic acids is 4. The molecule has 2 aromatic carbocycles. The Kier molecular flexibility index (Phi) is 6.22. The van der Waals surface area contributed by atoms with E-state index in [0.717, 1.165) is 9.75 Å². The Morgan fingerprint density at radius 1 is 0.800 bits per heavy atom. The molecule has 0 unspecified atom stereocenters. The van der Waals surface area contributed by atoms with Gasteiger partial charge in [-0.2, -0.15) is 0 Å². The van der Waals surface area contributed by atoms with E-state index in [2.05, 4.69) is 5.32 Å². The third-order valence-corrected chi connectivity index (χ3v) is 7.10. The minimum absolute atomic E-state index is 0.224. The van der Waals surface area contributed by atoms with Crippen molar-refractivity contribution in [2.24, 2.45) is 0 Å². The van der Waals surface area contributed by atoms with Crippen LogP contribution in [-0.4, -0.2) is 30.0 Å². The standard InChI is InChI=1S/C27H17NO5S2/c29-24(15-33-27(32)22(23-8-4-12-35-23)14-17-5-3-11-34-17)28-16-9-10-20-21(13-16)26(31)19-7-2-1-6-18(19)25(20)30/h1-14H,15H2,(H,28,29). The normalized spacial score (nSPS) is 12.6. The van der Waals surface area contributed by atoms with Crippen LogP contribution in [0.2, 0.25) is 0 Å². The largest absolute Gasteiger partial charge is 0.452 e. The van der Waals surface area contributed by atoms with Gasteiger partial charge in [0.1, 0.15) is 0 Å². The molecule has 35 heavy (non-hydrogen) atoms. The minimum Gasteiger partial charge on any atom is -0.452 e. The van der Waals surface area contributed by atoms with Gasteiger partial charge in [0.2, 0.25) is 0 Å². The van der Waals surface area contributed by atoms with Crippen LogP contribution >= 0.6 is 22.7 Å². The van der Waals surface area contributed by atoms with Gasteiger partial charge in [-0.1, -0.05) is 36.4 Å². The average molecular weight is 500 g/mol. The van der Waals surface area contributed by atoms with Crippen molar-refractivity contribution in [3.05, 3.63) is 109 Å². The number of thiophene rings is 2. The molecular weight excluding hydrogens is 482 g/mol. The van der Waals surface area contributed by atoms with Gasteiger partial charge >= 0.3 is 5.97 Å². The highest BCUT2D eigenvalue weighted by Crippen LogP contribution is 2.29. The van der Waals surface area contributed by atoms with Crippen LogP contribution in [0.25, 0.3) is 11.6 Å². The van der Waals surface area contributed by atoms with Gasteiger partial charge in [0.05, 0.1) is 5.57 Å². The monoisotopic (exact) mass is 499 g/mol. The topological polar surface area (TPSA) is 89.5 Å². The molecule has 0 aliphatic heterocycles. The number of carbonyl (C=O) groups is 4. The van der Waals surface area contributed by atoms with Gasteiger partial charge in [0.15, 0.2) is 18.2 Å². The van der Waals surface area contributed by atoms with E-state index in [-0.39, 0.29) is 22.7 Å². The van der Waals surface area contributed by atoms with Crippen LogP contribution in [0.1, 0.15) is 41.6 Å². The zero-order valence-corrected chi connectivity index (χ0v) is 19.8. The van der Waals surface area contributed by atoms with Crippen LogP contribution in [0.3, 0.4) is 0 Å². The lowest BCUT2D eigenvalue weighted by molar-refractivity contribution is -0.141. The highest BCUT2D eigenvalue weighted by atomic mass is 32.1. The van der Waals surface area contributed by atoms with Gasteiger partial charge in [-0.05, 0) is 47.2 Å². The maximum atomic E-state index is 12.9. The first-order chi connectivity index (χ1) is 17.0. The molecule has 8 heteroatoms.